The molecule has 6 nitrogen and oxygen atoms in total. The third-order valence-corrected chi connectivity index (χ3v) is 2.12. The number of rotatable bonds is 6. The molecule has 0 saturated heterocycles. The third-order valence-electron chi connectivity index (χ3n) is 2.12. The number of hydrogen-bond donors (Lipinski definition) is 2. The molecule has 0 heterocycles. The van der Waals surface area contributed by atoms with E-state index >= 15 is 0 Å². The molecule has 8 heteroatoms. The normalized spacial score (nSPS) is 11.5. The Balaban J connectivity index is 2.94. The third kappa shape index (κ3) is 5.04. The van der Waals surface area contributed by atoms with Crippen LogP contribution in [0.15, 0.2) is 18.2 Å². The van der Waals surface area contributed by atoms with Crippen LogP contribution in [0.5, 0.6) is 5.75 Å². The Morgan fingerprint density at radius 3 is 2.63 bits per heavy atom. The van der Waals surface area contributed by atoms with Crippen LogP contribution in [0.1, 0.15) is 13.8 Å². The van der Waals surface area contributed by atoms with Gasteiger partial charge in [0.1, 0.15) is 0 Å². The number of hydrogen-bond acceptors (Lipinski definition) is 5. The van der Waals surface area contributed by atoms with Gasteiger partial charge in [0, 0.05) is 29.9 Å². The second kappa shape index (κ2) is 5.79. The molecule has 0 aliphatic carbocycles. The van der Waals surface area contributed by atoms with Crippen LogP contribution >= 0.6 is 0 Å². The van der Waals surface area contributed by atoms with Crippen molar-refractivity contribution in [2.24, 2.45) is 5.73 Å². The number of nitrogens with two attached hydrogens (primary N) is 1. The zero-order valence-electron chi connectivity index (χ0n) is 10.5. The van der Waals surface area contributed by atoms with Crippen molar-refractivity contribution < 1.29 is 18.4 Å². The lowest BCUT2D eigenvalue weighted by Gasteiger charge is -2.20. The number of anilines is 1. The minimum Gasteiger partial charge on any atom is -0.427 e. The molecule has 0 bridgehead atoms. The van der Waals surface area contributed by atoms with Crippen LogP contribution in [0.2, 0.25) is 0 Å². The number of benzene rings is 1. The lowest BCUT2D eigenvalue weighted by atomic mass is 10.1. The fraction of sp³-hybridized carbons (Fsp3) is 0.455. The van der Waals surface area contributed by atoms with Crippen molar-refractivity contribution in [2.45, 2.75) is 26.0 Å². The van der Waals surface area contributed by atoms with E-state index in [9.17, 15) is 18.9 Å². The quantitative estimate of drug-likeness (QED) is 0.614. The molecule has 0 fully saturated rings. The SMILES string of the molecule is CC(C)(N)CNc1ccc([N+](=O)[O-])c(OC(F)F)c1. The maximum atomic E-state index is 12.2. The molecule has 0 aliphatic rings. The zero-order chi connectivity index (χ0) is 14.6. The van der Waals surface area contributed by atoms with Crippen molar-refractivity contribution in [2.75, 3.05) is 11.9 Å². The summed E-state index contributed by atoms with van der Waals surface area (Å²) in [6.07, 6.45) is 0. The number of nitrogens with one attached hydrogen (secondary N) is 1. The van der Waals surface area contributed by atoms with Gasteiger partial charge in [-0.15, -0.1) is 0 Å². The van der Waals surface area contributed by atoms with Crippen LogP contribution < -0.4 is 15.8 Å². The largest absolute Gasteiger partial charge is 0.427 e. The number of ether oxygens (including phenoxy) is 1. The Kier molecular flexibility index (Phi) is 4.60. The summed E-state index contributed by atoms with van der Waals surface area (Å²) in [5.41, 5.74) is 5.15. The monoisotopic (exact) mass is 275 g/mol. The molecule has 19 heavy (non-hydrogen) atoms. The Morgan fingerprint density at radius 1 is 1.53 bits per heavy atom. The van der Waals surface area contributed by atoms with Crippen LogP contribution in [0.3, 0.4) is 0 Å². The highest BCUT2D eigenvalue weighted by Crippen LogP contribution is 2.31. The van der Waals surface area contributed by atoms with Gasteiger partial charge >= 0.3 is 12.3 Å². The van der Waals surface area contributed by atoms with E-state index in [1.807, 2.05) is 0 Å². The molecule has 1 aromatic rings. The van der Waals surface area contributed by atoms with E-state index in [4.69, 9.17) is 5.73 Å². The molecule has 0 atom stereocenters. The average molecular weight is 275 g/mol. The smallest absolute Gasteiger partial charge is 0.387 e. The van der Waals surface area contributed by atoms with E-state index < -0.39 is 28.5 Å². The van der Waals surface area contributed by atoms with Crippen LogP contribution in [-0.4, -0.2) is 23.6 Å². The number of nitro groups is 1. The predicted octanol–water partition coefficient (Wildman–Crippen LogP) is 2.35. The van der Waals surface area contributed by atoms with Gasteiger partial charge in [-0.3, -0.25) is 10.1 Å². The lowest BCUT2D eigenvalue weighted by Crippen LogP contribution is -2.39. The highest BCUT2D eigenvalue weighted by Gasteiger charge is 2.19. The van der Waals surface area contributed by atoms with Gasteiger partial charge in [0.05, 0.1) is 4.92 Å². The van der Waals surface area contributed by atoms with E-state index in [2.05, 4.69) is 10.1 Å². The molecule has 0 aliphatic heterocycles. The van der Waals surface area contributed by atoms with Crippen molar-refractivity contribution in [3.63, 3.8) is 0 Å². The molecule has 0 spiro atoms. The molecule has 3 N–H and O–H groups in total. The van der Waals surface area contributed by atoms with E-state index in [0.29, 0.717) is 12.2 Å². The molecule has 106 valence electrons. The number of nitrogens with zero attached hydrogens (tertiary/aromatic N) is 1. The van der Waals surface area contributed by atoms with Gasteiger partial charge < -0.3 is 15.8 Å². The van der Waals surface area contributed by atoms with Crippen molar-refractivity contribution in [1.29, 1.82) is 0 Å². The van der Waals surface area contributed by atoms with Crippen molar-refractivity contribution in [1.82, 2.24) is 0 Å². The topological polar surface area (TPSA) is 90.4 Å². The number of alkyl halides is 2. The van der Waals surface area contributed by atoms with E-state index in [1.165, 1.54) is 6.07 Å². The standard InChI is InChI=1S/C11H15F2N3O3/c1-11(2,14)6-15-7-3-4-8(16(17)18)9(5-7)19-10(12)13/h3-5,10,15H,6,14H2,1-2H3. The van der Waals surface area contributed by atoms with E-state index in [-0.39, 0.29) is 0 Å². The summed E-state index contributed by atoms with van der Waals surface area (Å²) in [6, 6.07) is 3.65. The van der Waals surface area contributed by atoms with Gasteiger partial charge in [-0.25, -0.2) is 0 Å². The second-order valence-corrected chi connectivity index (χ2v) is 4.66. The van der Waals surface area contributed by atoms with Crippen molar-refractivity contribution in [3.8, 4) is 5.75 Å². The summed E-state index contributed by atoms with van der Waals surface area (Å²) in [7, 11) is 0. The number of halogens is 2. The average Bonchev–Trinajstić information content (AvgIpc) is 2.24. The predicted molar refractivity (Wildman–Crippen MR) is 66.5 cm³/mol. The fourth-order valence-corrected chi connectivity index (χ4v) is 1.30. The van der Waals surface area contributed by atoms with Crippen molar-refractivity contribution >= 4 is 11.4 Å². The Morgan fingerprint density at radius 2 is 2.16 bits per heavy atom. The van der Waals surface area contributed by atoms with E-state index in [0.717, 1.165) is 12.1 Å². The first-order chi connectivity index (χ1) is 8.69. The van der Waals surface area contributed by atoms with Crippen LogP contribution in [0.25, 0.3) is 0 Å². The lowest BCUT2D eigenvalue weighted by molar-refractivity contribution is -0.386. The molecule has 0 unspecified atom stereocenters. The van der Waals surface area contributed by atoms with Gasteiger partial charge in [-0.1, -0.05) is 0 Å². The highest BCUT2D eigenvalue weighted by atomic mass is 19.3. The Labute approximate surface area is 108 Å². The van der Waals surface area contributed by atoms with Gasteiger partial charge in [-0.05, 0) is 19.9 Å². The minimum atomic E-state index is -3.13. The van der Waals surface area contributed by atoms with Crippen LogP contribution in [0, 0.1) is 10.1 Å². The first-order valence-corrected chi connectivity index (χ1v) is 5.45. The van der Waals surface area contributed by atoms with Crippen molar-refractivity contribution in [3.05, 3.63) is 28.3 Å². The molecular formula is C11H15F2N3O3. The van der Waals surface area contributed by atoms with Crippen LogP contribution in [0.4, 0.5) is 20.2 Å². The summed E-state index contributed by atoms with van der Waals surface area (Å²) in [6.45, 7) is 0.808. The number of nitro benzene ring substituents is 1. The Bertz CT molecular complexity index is 461. The molecule has 1 rings (SSSR count). The fourth-order valence-electron chi connectivity index (χ4n) is 1.30. The maximum absolute atomic E-state index is 12.2. The van der Waals surface area contributed by atoms with Gasteiger partial charge in [0.25, 0.3) is 0 Å². The van der Waals surface area contributed by atoms with Gasteiger partial charge in [0.15, 0.2) is 0 Å². The zero-order valence-corrected chi connectivity index (χ0v) is 10.5. The molecule has 1 aromatic carbocycles. The molecule has 0 radical (unpaired) electrons. The summed E-state index contributed by atoms with van der Waals surface area (Å²) < 4.78 is 28.5. The van der Waals surface area contributed by atoms with Crippen LogP contribution in [-0.2, 0) is 0 Å². The molecule has 0 amide bonds. The summed E-state index contributed by atoms with van der Waals surface area (Å²) in [4.78, 5) is 9.89. The first kappa shape index (κ1) is 15.1. The maximum Gasteiger partial charge on any atom is 0.387 e. The Hall–Kier alpha value is -1.96. The summed E-state index contributed by atoms with van der Waals surface area (Å²) >= 11 is 0. The summed E-state index contributed by atoms with van der Waals surface area (Å²) in [5, 5.41) is 13.6. The summed E-state index contributed by atoms with van der Waals surface area (Å²) in [5.74, 6) is -0.486. The molecular weight excluding hydrogens is 260 g/mol. The van der Waals surface area contributed by atoms with Gasteiger partial charge in [0.2, 0.25) is 5.75 Å². The molecule has 0 saturated carbocycles. The van der Waals surface area contributed by atoms with E-state index in [1.54, 1.807) is 13.8 Å². The highest BCUT2D eigenvalue weighted by molar-refractivity contribution is 5.58. The van der Waals surface area contributed by atoms with Gasteiger partial charge in [-0.2, -0.15) is 8.78 Å². The second-order valence-electron chi connectivity index (χ2n) is 4.66. The minimum absolute atomic E-state index is 0.374. The molecule has 0 aromatic heterocycles. The first-order valence-electron chi connectivity index (χ1n) is 5.45.